The second-order valence-electron chi connectivity index (χ2n) is 3.65. The lowest BCUT2D eigenvalue weighted by Crippen LogP contribution is -1.95. The Morgan fingerprint density at radius 1 is 1.44 bits per heavy atom. The molecule has 2 aromatic rings. The number of aromatic nitrogens is 2. The van der Waals surface area contributed by atoms with Gasteiger partial charge in [0.05, 0.1) is 11.0 Å². The van der Waals surface area contributed by atoms with Gasteiger partial charge in [0.15, 0.2) is 0 Å². The number of rotatable bonds is 3. The average molecular weight is 214 g/mol. The number of aryl methyl sites for hydroxylation is 2. The first-order valence-corrected chi connectivity index (χ1v) is 5.35. The van der Waals surface area contributed by atoms with Crippen molar-refractivity contribution in [1.82, 2.24) is 9.55 Å². The molecule has 1 heterocycles. The van der Waals surface area contributed by atoms with E-state index in [4.69, 9.17) is 0 Å². The van der Waals surface area contributed by atoms with Crippen LogP contribution >= 0.6 is 0 Å². The van der Waals surface area contributed by atoms with Crippen LogP contribution in [0, 0.1) is 6.92 Å². The second-order valence-corrected chi connectivity index (χ2v) is 3.65. The molecule has 0 saturated carbocycles. The molecular weight excluding hydrogens is 200 g/mol. The van der Waals surface area contributed by atoms with Crippen molar-refractivity contribution in [3.8, 4) is 0 Å². The third-order valence-corrected chi connectivity index (χ3v) is 2.65. The number of nitrogens with zero attached hydrogens (tertiary/aromatic N) is 2. The Hall–Kier alpha value is -1.90. The summed E-state index contributed by atoms with van der Waals surface area (Å²) in [6, 6.07) is 6.04. The third-order valence-electron chi connectivity index (χ3n) is 2.65. The minimum Gasteiger partial charge on any atom is -0.329 e. The molecule has 0 spiro atoms. The lowest BCUT2D eigenvalue weighted by Gasteiger charge is -2.01. The first-order chi connectivity index (χ1) is 7.76. The van der Waals surface area contributed by atoms with Gasteiger partial charge in [0.25, 0.3) is 0 Å². The van der Waals surface area contributed by atoms with E-state index < -0.39 is 0 Å². The largest absolute Gasteiger partial charge is 0.329 e. The number of allylic oxidation sites excluding steroid dienone is 1. The van der Waals surface area contributed by atoms with E-state index in [-0.39, 0.29) is 0 Å². The molecule has 2 rings (SSSR count). The van der Waals surface area contributed by atoms with E-state index in [1.165, 1.54) is 6.08 Å². The Morgan fingerprint density at radius 2 is 2.25 bits per heavy atom. The van der Waals surface area contributed by atoms with E-state index in [0.717, 1.165) is 35.3 Å². The van der Waals surface area contributed by atoms with E-state index in [0.29, 0.717) is 0 Å². The van der Waals surface area contributed by atoms with E-state index in [9.17, 15) is 4.79 Å². The van der Waals surface area contributed by atoms with Crippen molar-refractivity contribution in [3.63, 3.8) is 0 Å². The van der Waals surface area contributed by atoms with Crippen LogP contribution in [-0.4, -0.2) is 15.8 Å². The highest BCUT2D eigenvalue weighted by atomic mass is 16.1. The van der Waals surface area contributed by atoms with Crippen LogP contribution in [0.15, 0.2) is 24.3 Å². The fourth-order valence-electron chi connectivity index (χ4n) is 1.92. The quantitative estimate of drug-likeness (QED) is 0.581. The summed E-state index contributed by atoms with van der Waals surface area (Å²) in [7, 11) is 0. The summed E-state index contributed by atoms with van der Waals surface area (Å²) in [5.41, 5.74) is 3.12. The zero-order valence-electron chi connectivity index (χ0n) is 9.47. The van der Waals surface area contributed by atoms with Crippen LogP contribution in [0.2, 0.25) is 0 Å². The van der Waals surface area contributed by atoms with E-state index in [1.54, 1.807) is 6.08 Å². The molecule has 0 radical (unpaired) electrons. The van der Waals surface area contributed by atoms with Gasteiger partial charge in [-0.25, -0.2) is 4.98 Å². The van der Waals surface area contributed by atoms with Gasteiger partial charge in [-0.3, -0.25) is 4.79 Å². The normalized spacial score (nSPS) is 11.4. The van der Waals surface area contributed by atoms with Gasteiger partial charge < -0.3 is 4.57 Å². The number of carbonyl (C=O) groups excluding carboxylic acids is 1. The summed E-state index contributed by atoms with van der Waals surface area (Å²) in [4.78, 5) is 14.7. The summed E-state index contributed by atoms with van der Waals surface area (Å²) >= 11 is 0. The summed E-state index contributed by atoms with van der Waals surface area (Å²) in [6.07, 6.45) is 4.05. The predicted octanol–water partition coefficient (Wildman–Crippen LogP) is 2.58. The van der Waals surface area contributed by atoms with Gasteiger partial charge in [0, 0.05) is 6.54 Å². The van der Waals surface area contributed by atoms with Crippen molar-refractivity contribution >= 4 is 23.4 Å². The summed E-state index contributed by atoms with van der Waals surface area (Å²) < 4.78 is 2.17. The SMILES string of the molecule is CCn1c(C)nc2cc(C=CC=O)ccc21. The monoisotopic (exact) mass is 214 g/mol. The Morgan fingerprint density at radius 3 is 2.94 bits per heavy atom. The highest BCUT2D eigenvalue weighted by Gasteiger charge is 2.05. The predicted molar refractivity (Wildman–Crippen MR) is 65.2 cm³/mol. The van der Waals surface area contributed by atoms with E-state index in [1.807, 2.05) is 25.1 Å². The smallest absolute Gasteiger partial charge is 0.142 e. The van der Waals surface area contributed by atoms with Crippen LogP contribution in [0.3, 0.4) is 0 Å². The third kappa shape index (κ3) is 1.76. The molecule has 3 heteroatoms. The van der Waals surface area contributed by atoms with Crippen molar-refractivity contribution in [2.24, 2.45) is 0 Å². The summed E-state index contributed by atoms with van der Waals surface area (Å²) in [5, 5.41) is 0. The van der Waals surface area contributed by atoms with E-state index in [2.05, 4.69) is 16.5 Å². The van der Waals surface area contributed by atoms with Gasteiger partial charge in [-0.15, -0.1) is 0 Å². The molecular formula is C13H14N2O. The highest BCUT2D eigenvalue weighted by molar-refractivity contribution is 5.81. The van der Waals surface area contributed by atoms with Crippen molar-refractivity contribution in [3.05, 3.63) is 35.7 Å². The van der Waals surface area contributed by atoms with Crippen LogP contribution in [0.1, 0.15) is 18.3 Å². The fourth-order valence-corrected chi connectivity index (χ4v) is 1.92. The van der Waals surface area contributed by atoms with Crippen molar-refractivity contribution in [1.29, 1.82) is 0 Å². The number of aldehydes is 1. The van der Waals surface area contributed by atoms with Crippen LogP contribution in [0.4, 0.5) is 0 Å². The lowest BCUT2D eigenvalue weighted by molar-refractivity contribution is -0.104. The van der Waals surface area contributed by atoms with Crippen LogP contribution in [0.25, 0.3) is 17.1 Å². The van der Waals surface area contributed by atoms with Crippen molar-refractivity contribution < 1.29 is 4.79 Å². The summed E-state index contributed by atoms with van der Waals surface area (Å²) in [6.45, 7) is 5.03. The number of carbonyl (C=O) groups is 1. The molecule has 1 aromatic heterocycles. The van der Waals surface area contributed by atoms with Crippen LogP contribution in [0.5, 0.6) is 0 Å². The molecule has 0 aliphatic carbocycles. The first-order valence-electron chi connectivity index (χ1n) is 5.35. The van der Waals surface area contributed by atoms with Crippen LogP contribution < -0.4 is 0 Å². The van der Waals surface area contributed by atoms with E-state index >= 15 is 0 Å². The average Bonchev–Trinajstić information content (AvgIpc) is 2.60. The molecule has 0 aliphatic rings. The van der Waals surface area contributed by atoms with Gasteiger partial charge in [0.2, 0.25) is 0 Å². The molecule has 0 bridgehead atoms. The molecule has 0 N–H and O–H groups in total. The van der Waals surface area contributed by atoms with Gasteiger partial charge in [-0.1, -0.05) is 12.1 Å². The molecule has 0 unspecified atom stereocenters. The highest BCUT2D eigenvalue weighted by Crippen LogP contribution is 2.18. The topological polar surface area (TPSA) is 34.9 Å². The Bertz CT molecular complexity index is 552. The fraction of sp³-hybridized carbons (Fsp3) is 0.231. The van der Waals surface area contributed by atoms with Gasteiger partial charge in [-0.05, 0) is 37.6 Å². The minimum absolute atomic E-state index is 0.778. The van der Waals surface area contributed by atoms with Crippen molar-refractivity contribution in [2.45, 2.75) is 20.4 Å². The zero-order valence-corrected chi connectivity index (χ0v) is 9.47. The molecule has 0 aliphatic heterocycles. The maximum Gasteiger partial charge on any atom is 0.142 e. The number of benzene rings is 1. The number of imidazole rings is 1. The zero-order chi connectivity index (χ0) is 11.5. The Labute approximate surface area is 94.4 Å². The number of hydrogen-bond acceptors (Lipinski definition) is 2. The van der Waals surface area contributed by atoms with Gasteiger partial charge in [0.1, 0.15) is 12.1 Å². The first kappa shape index (κ1) is 10.6. The molecule has 3 nitrogen and oxygen atoms in total. The van der Waals surface area contributed by atoms with Gasteiger partial charge >= 0.3 is 0 Å². The molecule has 0 atom stereocenters. The molecule has 0 saturated heterocycles. The standard InChI is InChI=1S/C13H14N2O/c1-3-15-10(2)14-12-9-11(5-4-8-16)6-7-13(12)15/h4-9H,3H2,1-2H3. The minimum atomic E-state index is 0.778. The molecule has 0 amide bonds. The molecule has 0 fully saturated rings. The number of fused-ring (bicyclic) bond motifs is 1. The van der Waals surface area contributed by atoms with Crippen molar-refractivity contribution in [2.75, 3.05) is 0 Å². The number of hydrogen-bond donors (Lipinski definition) is 0. The summed E-state index contributed by atoms with van der Waals surface area (Å²) in [5.74, 6) is 1.02. The Balaban J connectivity index is 2.55. The molecule has 82 valence electrons. The Kier molecular flexibility index (Phi) is 2.86. The second kappa shape index (κ2) is 4.31. The molecule has 1 aromatic carbocycles. The van der Waals surface area contributed by atoms with Gasteiger partial charge in [-0.2, -0.15) is 0 Å². The maximum absolute atomic E-state index is 10.2. The maximum atomic E-state index is 10.2. The lowest BCUT2D eigenvalue weighted by atomic mass is 10.2. The van der Waals surface area contributed by atoms with Crippen LogP contribution in [-0.2, 0) is 11.3 Å². The molecule has 16 heavy (non-hydrogen) atoms.